The van der Waals surface area contributed by atoms with Crippen LogP contribution in [0, 0.1) is 0 Å². The largest absolute Gasteiger partial charge is 0.383 e. The van der Waals surface area contributed by atoms with E-state index < -0.39 is 0 Å². The fourth-order valence-corrected chi connectivity index (χ4v) is 2.53. The number of nitrogens with one attached hydrogen (secondary N) is 1. The summed E-state index contributed by atoms with van der Waals surface area (Å²) in [5, 5.41) is 3.60. The molecule has 1 fully saturated rings. The van der Waals surface area contributed by atoms with Gasteiger partial charge in [-0.1, -0.05) is 30.3 Å². The van der Waals surface area contributed by atoms with Crippen LogP contribution in [0.5, 0.6) is 0 Å². The van der Waals surface area contributed by atoms with Gasteiger partial charge in [0.15, 0.2) is 0 Å². The number of likely N-dealkylation sites (tertiary alicyclic amines) is 1. The van der Waals surface area contributed by atoms with E-state index in [1.54, 1.807) is 7.11 Å². The van der Waals surface area contributed by atoms with Gasteiger partial charge >= 0.3 is 0 Å². The monoisotopic (exact) mass is 248 g/mol. The van der Waals surface area contributed by atoms with Crippen molar-refractivity contribution in [3.8, 4) is 0 Å². The Kier molecular flexibility index (Phi) is 5.65. The second-order valence-electron chi connectivity index (χ2n) is 4.92. The Bertz CT molecular complexity index is 323. The molecule has 1 atom stereocenters. The van der Waals surface area contributed by atoms with E-state index in [1.807, 2.05) is 0 Å². The van der Waals surface area contributed by atoms with E-state index in [0.717, 1.165) is 19.7 Å². The van der Waals surface area contributed by atoms with Crippen molar-refractivity contribution >= 4 is 0 Å². The maximum atomic E-state index is 5.12. The zero-order chi connectivity index (χ0) is 12.6. The molecule has 1 aromatic rings. The van der Waals surface area contributed by atoms with Crippen molar-refractivity contribution in [1.29, 1.82) is 0 Å². The topological polar surface area (TPSA) is 24.5 Å². The summed E-state index contributed by atoms with van der Waals surface area (Å²) in [7, 11) is 1.75. The fraction of sp³-hybridized carbons (Fsp3) is 0.600. The minimum absolute atomic E-state index is 0.416. The Morgan fingerprint density at radius 1 is 1.22 bits per heavy atom. The van der Waals surface area contributed by atoms with Crippen LogP contribution in [0.3, 0.4) is 0 Å². The number of rotatable bonds is 7. The first-order valence-electron chi connectivity index (χ1n) is 6.90. The van der Waals surface area contributed by atoms with Crippen molar-refractivity contribution in [2.75, 3.05) is 39.9 Å². The fourth-order valence-electron chi connectivity index (χ4n) is 2.53. The molecule has 0 saturated carbocycles. The molecule has 18 heavy (non-hydrogen) atoms. The third kappa shape index (κ3) is 4.09. The molecule has 0 radical (unpaired) electrons. The highest BCUT2D eigenvalue weighted by Crippen LogP contribution is 2.17. The number of nitrogens with zero attached hydrogens (tertiary/aromatic N) is 1. The molecule has 0 bridgehead atoms. The van der Waals surface area contributed by atoms with Crippen LogP contribution >= 0.6 is 0 Å². The van der Waals surface area contributed by atoms with Crippen LogP contribution in [0.25, 0.3) is 0 Å². The highest BCUT2D eigenvalue weighted by molar-refractivity contribution is 5.19. The van der Waals surface area contributed by atoms with Gasteiger partial charge in [0.05, 0.1) is 6.61 Å². The third-order valence-electron chi connectivity index (χ3n) is 3.54. The van der Waals surface area contributed by atoms with E-state index in [2.05, 4.69) is 40.5 Å². The first kappa shape index (κ1) is 13.5. The summed E-state index contributed by atoms with van der Waals surface area (Å²) in [5.74, 6) is 0. The van der Waals surface area contributed by atoms with Crippen LogP contribution < -0.4 is 5.32 Å². The minimum Gasteiger partial charge on any atom is -0.383 e. The number of ether oxygens (including phenoxy) is 1. The second-order valence-corrected chi connectivity index (χ2v) is 4.92. The average Bonchev–Trinajstić information content (AvgIpc) is 2.92. The Labute approximate surface area is 110 Å². The molecule has 1 N–H and O–H groups in total. The second kappa shape index (κ2) is 7.52. The summed E-state index contributed by atoms with van der Waals surface area (Å²) in [6, 6.07) is 11.1. The first-order chi connectivity index (χ1) is 8.90. The Morgan fingerprint density at radius 2 is 1.94 bits per heavy atom. The van der Waals surface area contributed by atoms with Gasteiger partial charge in [-0.15, -0.1) is 0 Å². The maximum Gasteiger partial charge on any atom is 0.0587 e. The molecule has 0 aromatic heterocycles. The van der Waals surface area contributed by atoms with E-state index in [4.69, 9.17) is 4.74 Å². The van der Waals surface area contributed by atoms with E-state index in [0.29, 0.717) is 6.04 Å². The van der Waals surface area contributed by atoms with Crippen molar-refractivity contribution in [2.24, 2.45) is 0 Å². The first-order valence-corrected chi connectivity index (χ1v) is 6.90. The molecule has 1 aromatic carbocycles. The van der Waals surface area contributed by atoms with Crippen molar-refractivity contribution in [3.63, 3.8) is 0 Å². The lowest BCUT2D eigenvalue weighted by Crippen LogP contribution is -2.35. The van der Waals surface area contributed by atoms with Crippen LogP contribution in [-0.2, 0) is 4.74 Å². The molecular formula is C15H24N2O. The van der Waals surface area contributed by atoms with Gasteiger partial charge in [-0.2, -0.15) is 0 Å². The molecule has 0 amide bonds. The molecule has 1 aliphatic rings. The van der Waals surface area contributed by atoms with Crippen molar-refractivity contribution in [2.45, 2.75) is 18.9 Å². The van der Waals surface area contributed by atoms with E-state index >= 15 is 0 Å². The summed E-state index contributed by atoms with van der Waals surface area (Å²) < 4.78 is 5.12. The van der Waals surface area contributed by atoms with Gasteiger partial charge in [0.2, 0.25) is 0 Å². The molecule has 1 aliphatic heterocycles. The molecular weight excluding hydrogens is 224 g/mol. The maximum absolute atomic E-state index is 5.12. The van der Waals surface area contributed by atoms with Crippen LogP contribution in [0.2, 0.25) is 0 Å². The van der Waals surface area contributed by atoms with Gasteiger partial charge < -0.3 is 15.0 Å². The van der Waals surface area contributed by atoms with Crippen LogP contribution in [-0.4, -0.2) is 44.8 Å². The van der Waals surface area contributed by atoms with Gasteiger partial charge in [-0.05, 0) is 31.5 Å². The molecule has 0 spiro atoms. The van der Waals surface area contributed by atoms with Crippen molar-refractivity contribution in [3.05, 3.63) is 35.9 Å². The van der Waals surface area contributed by atoms with Gasteiger partial charge in [0.25, 0.3) is 0 Å². The molecule has 3 heteroatoms. The van der Waals surface area contributed by atoms with E-state index in [-0.39, 0.29) is 0 Å². The lowest BCUT2D eigenvalue weighted by Gasteiger charge is -2.25. The van der Waals surface area contributed by atoms with Crippen molar-refractivity contribution in [1.82, 2.24) is 10.2 Å². The predicted octanol–water partition coefficient (Wildman–Crippen LogP) is 2.06. The Balaban J connectivity index is 1.93. The number of benzene rings is 1. The predicted molar refractivity (Wildman–Crippen MR) is 74.7 cm³/mol. The SMILES string of the molecule is COCCN[C@H](CN1CCCC1)c1ccccc1. The normalized spacial score (nSPS) is 18.1. The summed E-state index contributed by atoms with van der Waals surface area (Å²) in [6.07, 6.45) is 2.69. The summed E-state index contributed by atoms with van der Waals surface area (Å²) in [6.45, 7) is 5.27. The van der Waals surface area contributed by atoms with Gasteiger partial charge in [0, 0.05) is 26.2 Å². The number of hydrogen-bond donors (Lipinski definition) is 1. The van der Waals surface area contributed by atoms with Crippen LogP contribution in [0.1, 0.15) is 24.4 Å². The summed E-state index contributed by atoms with van der Waals surface area (Å²) in [4.78, 5) is 2.55. The standard InChI is InChI=1S/C15H24N2O/c1-18-12-9-16-15(13-17-10-5-6-11-17)14-7-3-2-4-8-14/h2-4,7-8,15-16H,5-6,9-13H2,1H3/t15-/m1/s1. The smallest absolute Gasteiger partial charge is 0.0587 e. The molecule has 2 rings (SSSR count). The highest BCUT2D eigenvalue weighted by Gasteiger charge is 2.18. The van der Waals surface area contributed by atoms with Gasteiger partial charge in [0.1, 0.15) is 0 Å². The van der Waals surface area contributed by atoms with Crippen molar-refractivity contribution < 1.29 is 4.74 Å². The van der Waals surface area contributed by atoms with Crippen LogP contribution in [0.4, 0.5) is 0 Å². The third-order valence-corrected chi connectivity index (χ3v) is 3.54. The lowest BCUT2D eigenvalue weighted by atomic mass is 10.1. The molecule has 0 aliphatic carbocycles. The van der Waals surface area contributed by atoms with Gasteiger partial charge in [-0.25, -0.2) is 0 Å². The number of methoxy groups -OCH3 is 1. The zero-order valence-corrected chi connectivity index (χ0v) is 11.3. The highest BCUT2D eigenvalue weighted by atomic mass is 16.5. The van der Waals surface area contributed by atoms with E-state index in [1.165, 1.54) is 31.5 Å². The molecule has 3 nitrogen and oxygen atoms in total. The molecule has 1 saturated heterocycles. The molecule has 0 unspecified atom stereocenters. The lowest BCUT2D eigenvalue weighted by molar-refractivity contribution is 0.190. The number of hydrogen-bond acceptors (Lipinski definition) is 3. The minimum atomic E-state index is 0.416. The van der Waals surface area contributed by atoms with Gasteiger partial charge in [-0.3, -0.25) is 0 Å². The zero-order valence-electron chi connectivity index (χ0n) is 11.3. The Hall–Kier alpha value is -0.900. The average molecular weight is 248 g/mol. The molecule has 100 valence electrons. The molecule has 1 heterocycles. The van der Waals surface area contributed by atoms with E-state index in [9.17, 15) is 0 Å². The van der Waals surface area contributed by atoms with Crippen LogP contribution in [0.15, 0.2) is 30.3 Å². The summed E-state index contributed by atoms with van der Waals surface area (Å²) in [5.41, 5.74) is 1.38. The Morgan fingerprint density at radius 3 is 2.61 bits per heavy atom. The summed E-state index contributed by atoms with van der Waals surface area (Å²) >= 11 is 0. The quantitative estimate of drug-likeness (QED) is 0.748.